The van der Waals surface area contributed by atoms with Gasteiger partial charge in [-0.1, -0.05) is 17.7 Å². The van der Waals surface area contributed by atoms with Crippen LogP contribution >= 0.6 is 11.6 Å². The maximum Gasteiger partial charge on any atom is 0.254 e. The SMILES string of the molecule is C=C[C@]1(O)CC[C@H](n2cc(C(N)=O)c(Nc3ccc(Cl)cc3)n2)[C@@H](C#N)C1. The van der Waals surface area contributed by atoms with Crippen LogP contribution in [0.3, 0.4) is 0 Å². The second-order valence-corrected chi connectivity index (χ2v) is 7.16. The summed E-state index contributed by atoms with van der Waals surface area (Å²) in [6.45, 7) is 3.65. The number of benzene rings is 1. The summed E-state index contributed by atoms with van der Waals surface area (Å²) in [6.07, 6.45) is 4.29. The normalized spacial score (nSPS) is 24.8. The lowest BCUT2D eigenvalue weighted by molar-refractivity contribution is 0.0188. The first-order valence-electron chi connectivity index (χ1n) is 8.52. The fraction of sp³-hybridized carbons (Fsp3) is 0.316. The van der Waals surface area contributed by atoms with E-state index in [4.69, 9.17) is 17.3 Å². The van der Waals surface area contributed by atoms with Gasteiger partial charge in [-0.25, -0.2) is 0 Å². The third-order valence-electron chi connectivity index (χ3n) is 4.90. The minimum atomic E-state index is -1.05. The molecule has 1 heterocycles. The van der Waals surface area contributed by atoms with Crippen LogP contribution in [0.1, 0.15) is 35.7 Å². The number of nitriles is 1. The number of nitrogens with one attached hydrogen (secondary N) is 1. The zero-order valence-corrected chi connectivity index (χ0v) is 15.4. The predicted molar refractivity (Wildman–Crippen MR) is 103 cm³/mol. The summed E-state index contributed by atoms with van der Waals surface area (Å²) in [4.78, 5) is 11.9. The molecule has 0 bridgehead atoms. The number of nitrogens with two attached hydrogens (primary N) is 1. The van der Waals surface area contributed by atoms with Crippen molar-refractivity contribution in [3.05, 3.63) is 53.7 Å². The molecule has 0 unspecified atom stereocenters. The Morgan fingerprint density at radius 2 is 2.22 bits per heavy atom. The topological polar surface area (TPSA) is 117 Å². The Labute approximate surface area is 162 Å². The van der Waals surface area contributed by atoms with E-state index in [1.54, 1.807) is 35.1 Å². The quantitative estimate of drug-likeness (QED) is 0.683. The fourth-order valence-electron chi connectivity index (χ4n) is 3.36. The summed E-state index contributed by atoms with van der Waals surface area (Å²) in [5, 5.41) is 28.1. The van der Waals surface area contributed by atoms with Gasteiger partial charge in [-0.15, -0.1) is 6.58 Å². The number of primary amides is 1. The van der Waals surface area contributed by atoms with Crippen molar-refractivity contribution >= 4 is 29.0 Å². The molecule has 3 rings (SSSR count). The summed E-state index contributed by atoms with van der Waals surface area (Å²) < 4.78 is 1.59. The second kappa shape index (κ2) is 7.43. The Morgan fingerprint density at radius 1 is 1.52 bits per heavy atom. The van der Waals surface area contributed by atoms with E-state index in [9.17, 15) is 15.2 Å². The van der Waals surface area contributed by atoms with Gasteiger partial charge in [0.15, 0.2) is 5.82 Å². The Bertz CT molecular complexity index is 902. The second-order valence-electron chi connectivity index (χ2n) is 6.72. The molecule has 0 saturated heterocycles. The number of amides is 1. The third-order valence-corrected chi connectivity index (χ3v) is 5.15. The van der Waals surface area contributed by atoms with Crippen LogP contribution in [0.25, 0.3) is 0 Å². The first kappa shape index (κ1) is 19.0. The number of hydrogen-bond donors (Lipinski definition) is 3. The van der Waals surface area contributed by atoms with E-state index in [1.165, 1.54) is 6.08 Å². The van der Waals surface area contributed by atoms with Crippen molar-refractivity contribution in [2.24, 2.45) is 11.7 Å². The van der Waals surface area contributed by atoms with Crippen LogP contribution in [0.5, 0.6) is 0 Å². The highest BCUT2D eigenvalue weighted by Crippen LogP contribution is 2.40. The molecule has 1 saturated carbocycles. The zero-order chi connectivity index (χ0) is 19.6. The minimum Gasteiger partial charge on any atom is -0.386 e. The maximum absolute atomic E-state index is 11.9. The average Bonchev–Trinajstić information content (AvgIpc) is 3.07. The number of aromatic nitrogens is 2. The molecule has 4 N–H and O–H groups in total. The van der Waals surface area contributed by atoms with Gasteiger partial charge in [0.1, 0.15) is 5.56 Å². The summed E-state index contributed by atoms with van der Waals surface area (Å²) >= 11 is 5.89. The molecular formula is C19H20ClN5O2. The van der Waals surface area contributed by atoms with Gasteiger partial charge in [0, 0.05) is 16.9 Å². The lowest BCUT2D eigenvalue weighted by Crippen LogP contribution is -2.38. The van der Waals surface area contributed by atoms with Crippen LogP contribution in [0, 0.1) is 17.2 Å². The number of aliphatic hydroxyl groups is 1. The monoisotopic (exact) mass is 385 g/mol. The number of carbonyl (C=O) groups excluding carboxylic acids is 1. The number of anilines is 2. The molecule has 8 heteroatoms. The first-order chi connectivity index (χ1) is 12.8. The molecule has 3 atom stereocenters. The highest BCUT2D eigenvalue weighted by Gasteiger charge is 2.39. The Balaban J connectivity index is 1.90. The zero-order valence-electron chi connectivity index (χ0n) is 14.6. The first-order valence-corrected chi connectivity index (χ1v) is 8.90. The van der Waals surface area contributed by atoms with Crippen LogP contribution in [0.2, 0.25) is 5.02 Å². The van der Waals surface area contributed by atoms with E-state index >= 15 is 0 Å². The highest BCUT2D eigenvalue weighted by molar-refractivity contribution is 6.30. The van der Waals surface area contributed by atoms with Crippen molar-refractivity contribution in [1.29, 1.82) is 5.26 Å². The number of carbonyl (C=O) groups is 1. The van der Waals surface area contributed by atoms with E-state index in [0.29, 0.717) is 29.4 Å². The lowest BCUT2D eigenvalue weighted by atomic mass is 9.76. The van der Waals surface area contributed by atoms with E-state index in [2.05, 4.69) is 23.1 Å². The molecule has 0 aliphatic heterocycles. The van der Waals surface area contributed by atoms with Gasteiger partial charge < -0.3 is 16.2 Å². The molecule has 1 aromatic heterocycles. The van der Waals surface area contributed by atoms with Crippen molar-refractivity contribution < 1.29 is 9.90 Å². The number of hydrogen-bond acceptors (Lipinski definition) is 5. The van der Waals surface area contributed by atoms with Crippen molar-refractivity contribution in [1.82, 2.24) is 9.78 Å². The Kier molecular flexibility index (Phi) is 5.22. The number of rotatable bonds is 5. The van der Waals surface area contributed by atoms with Gasteiger partial charge in [0.2, 0.25) is 0 Å². The lowest BCUT2D eigenvalue weighted by Gasteiger charge is -2.36. The molecule has 2 aromatic rings. The smallest absolute Gasteiger partial charge is 0.254 e. The molecule has 0 radical (unpaired) electrons. The van der Waals surface area contributed by atoms with Crippen LogP contribution in [0.4, 0.5) is 11.5 Å². The van der Waals surface area contributed by atoms with Gasteiger partial charge in [-0.2, -0.15) is 10.4 Å². The summed E-state index contributed by atoms with van der Waals surface area (Å²) in [6, 6.07) is 8.92. The maximum atomic E-state index is 11.9. The summed E-state index contributed by atoms with van der Waals surface area (Å²) in [5.41, 5.74) is 5.37. The molecule has 1 amide bonds. The van der Waals surface area contributed by atoms with E-state index < -0.39 is 17.4 Å². The molecule has 1 fully saturated rings. The molecule has 7 nitrogen and oxygen atoms in total. The van der Waals surface area contributed by atoms with Crippen molar-refractivity contribution in [2.75, 3.05) is 5.32 Å². The van der Waals surface area contributed by atoms with Crippen LogP contribution in [0.15, 0.2) is 43.1 Å². The standard InChI is InChI=1S/C19H20ClN5O2/c1-2-19(27)8-7-16(12(9-19)10-21)25-11-15(17(22)26)18(24-25)23-14-5-3-13(20)4-6-14/h2-6,11-12,16,27H,1,7-9H2,(H2,22,26)(H,23,24)/t12-,16+,19+/m1/s1. The van der Waals surface area contributed by atoms with E-state index in [0.717, 1.165) is 0 Å². The van der Waals surface area contributed by atoms with Crippen molar-refractivity contribution in [2.45, 2.75) is 30.9 Å². The molecule has 1 aromatic carbocycles. The van der Waals surface area contributed by atoms with Gasteiger partial charge in [-0.05, 0) is 43.5 Å². The molecule has 140 valence electrons. The van der Waals surface area contributed by atoms with Crippen molar-refractivity contribution in [3.8, 4) is 6.07 Å². The van der Waals surface area contributed by atoms with E-state index in [-0.39, 0.29) is 18.0 Å². The Morgan fingerprint density at radius 3 is 2.81 bits per heavy atom. The molecule has 1 aliphatic rings. The van der Waals surface area contributed by atoms with Crippen LogP contribution in [-0.4, -0.2) is 26.4 Å². The van der Waals surface area contributed by atoms with Crippen LogP contribution in [-0.2, 0) is 0 Å². The summed E-state index contributed by atoms with van der Waals surface area (Å²) in [5.74, 6) is -0.776. The molecule has 0 spiro atoms. The number of halogens is 1. The summed E-state index contributed by atoms with van der Waals surface area (Å²) in [7, 11) is 0. The average molecular weight is 386 g/mol. The largest absolute Gasteiger partial charge is 0.386 e. The van der Waals surface area contributed by atoms with Gasteiger partial charge >= 0.3 is 0 Å². The highest BCUT2D eigenvalue weighted by atomic mass is 35.5. The number of nitrogens with zero attached hydrogens (tertiary/aromatic N) is 3. The van der Waals surface area contributed by atoms with Gasteiger partial charge in [-0.3, -0.25) is 9.48 Å². The van der Waals surface area contributed by atoms with E-state index in [1.807, 2.05) is 0 Å². The predicted octanol–water partition coefficient (Wildman–Crippen LogP) is 3.16. The molecule has 1 aliphatic carbocycles. The van der Waals surface area contributed by atoms with Crippen molar-refractivity contribution in [3.63, 3.8) is 0 Å². The van der Waals surface area contributed by atoms with Gasteiger partial charge in [0.05, 0.1) is 23.6 Å². The fourth-order valence-corrected chi connectivity index (χ4v) is 3.48. The molecule has 27 heavy (non-hydrogen) atoms. The Hall–Kier alpha value is -2.82. The van der Waals surface area contributed by atoms with Crippen LogP contribution < -0.4 is 11.1 Å². The minimum absolute atomic E-state index is 0.228. The molecular weight excluding hydrogens is 366 g/mol. The van der Waals surface area contributed by atoms with Gasteiger partial charge in [0.25, 0.3) is 5.91 Å². The third kappa shape index (κ3) is 3.97.